The van der Waals surface area contributed by atoms with Crippen LogP contribution in [0, 0.1) is 13.8 Å². The lowest BCUT2D eigenvalue weighted by Gasteiger charge is -2.34. The van der Waals surface area contributed by atoms with Gasteiger partial charge < -0.3 is 15.0 Å². The van der Waals surface area contributed by atoms with E-state index in [2.05, 4.69) is 5.32 Å². The van der Waals surface area contributed by atoms with Crippen molar-refractivity contribution in [2.24, 2.45) is 0 Å². The molecule has 1 N–H and O–H groups in total. The number of sulfonamides is 1. The average Bonchev–Trinajstić information content (AvgIpc) is 2.92. The van der Waals surface area contributed by atoms with Crippen molar-refractivity contribution in [2.45, 2.75) is 46.2 Å². The maximum absolute atomic E-state index is 14.2. The summed E-state index contributed by atoms with van der Waals surface area (Å²) in [5, 5.41) is 2.94. The number of ether oxygens (including phenoxy) is 1. The highest BCUT2D eigenvalue weighted by Gasteiger charge is 2.33. The average molecular weight is 566 g/mol. The maximum Gasteiger partial charge on any atom is 0.244 e. The topological polar surface area (TPSA) is 96.0 Å². The van der Waals surface area contributed by atoms with Gasteiger partial charge in [0.2, 0.25) is 21.8 Å². The molecule has 0 spiro atoms. The molecule has 0 aliphatic carbocycles. The molecule has 40 heavy (non-hydrogen) atoms. The zero-order valence-electron chi connectivity index (χ0n) is 23.9. The molecule has 3 rings (SSSR count). The highest BCUT2D eigenvalue weighted by Crippen LogP contribution is 2.31. The molecule has 0 saturated carbocycles. The van der Waals surface area contributed by atoms with Crippen LogP contribution >= 0.6 is 0 Å². The van der Waals surface area contributed by atoms with E-state index in [1.54, 1.807) is 12.1 Å². The van der Waals surface area contributed by atoms with Gasteiger partial charge in [0.05, 0.1) is 19.1 Å². The summed E-state index contributed by atoms with van der Waals surface area (Å²) in [6.07, 6.45) is 2.08. The molecule has 0 bridgehead atoms. The summed E-state index contributed by atoms with van der Waals surface area (Å²) in [4.78, 5) is 29.2. The second-order valence-corrected chi connectivity index (χ2v) is 11.9. The molecule has 1 atom stereocenters. The summed E-state index contributed by atoms with van der Waals surface area (Å²) in [6.45, 7) is 5.87. The number of nitrogens with zero attached hydrogens (tertiary/aromatic N) is 2. The van der Waals surface area contributed by atoms with Gasteiger partial charge in [-0.1, -0.05) is 73.2 Å². The van der Waals surface area contributed by atoms with E-state index >= 15 is 0 Å². The van der Waals surface area contributed by atoms with Crippen LogP contribution in [0.2, 0.25) is 0 Å². The number of rotatable bonds is 13. The Morgan fingerprint density at radius 3 is 2.23 bits per heavy atom. The van der Waals surface area contributed by atoms with Crippen molar-refractivity contribution in [3.8, 4) is 5.75 Å². The van der Waals surface area contributed by atoms with Crippen LogP contribution in [0.25, 0.3) is 0 Å². The number of hydrogen-bond acceptors (Lipinski definition) is 5. The van der Waals surface area contributed by atoms with Gasteiger partial charge in [-0.15, -0.1) is 0 Å². The third kappa shape index (κ3) is 8.32. The Balaban J connectivity index is 2.08. The zero-order valence-corrected chi connectivity index (χ0v) is 24.7. The third-order valence-corrected chi connectivity index (χ3v) is 7.66. The van der Waals surface area contributed by atoms with Gasteiger partial charge in [0.15, 0.2) is 0 Å². The van der Waals surface area contributed by atoms with Crippen molar-refractivity contribution in [3.63, 3.8) is 0 Å². The summed E-state index contributed by atoms with van der Waals surface area (Å²) in [5.41, 5.74) is 3.83. The van der Waals surface area contributed by atoms with Gasteiger partial charge in [-0.05, 0) is 49.1 Å². The van der Waals surface area contributed by atoms with E-state index in [1.807, 2.05) is 81.4 Å². The van der Waals surface area contributed by atoms with Crippen LogP contribution in [0.4, 0.5) is 5.69 Å². The van der Waals surface area contributed by atoms with E-state index in [0.717, 1.165) is 39.2 Å². The number of aryl methyl sites for hydroxylation is 2. The first-order chi connectivity index (χ1) is 19.0. The molecule has 0 heterocycles. The number of hydrogen-bond donors (Lipinski definition) is 1. The lowest BCUT2D eigenvalue weighted by Crippen LogP contribution is -2.53. The Labute approximate surface area is 238 Å². The van der Waals surface area contributed by atoms with Crippen molar-refractivity contribution in [1.29, 1.82) is 0 Å². The second kappa shape index (κ2) is 14.0. The zero-order chi connectivity index (χ0) is 29.3. The van der Waals surface area contributed by atoms with Gasteiger partial charge >= 0.3 is 0 Å². The highest BCUT2D eigenvalue weighted by molar-refractivity contribution is 7.92. The highest BCUT2D eigenvalue weighted by atomic mass is 32.2. The fourth-order valence-corrected chi connectivity index (χ4v) is 5.36. The van der Waals surface area contributed by atoms with E-state index in [-0.39, 0.29) is 24.6 Å². The van der Waals surface area contributed by atoms with E-state index in [0.29, 0.717) is 12.3 Å². The summed E-state index contributed by atoms with van der Waals surface area (Å²) in [7, 11) is -2.44. The van der Waals surface area contributed by atoms with Crippen LogP contribution in [0.5, 0.6) is 5.75 Å². The fourth-order valence-electron chi connectivity index (χ4n) is 4.52. The summed E-state index contributed by atoms with van der Waals surface area (Å²) >= 11 is 0. The van der Waals surface area contributed by atoms with Crippen LogP contribution in [0.15, 0.2) is 72.8 Å². The van der Waals surface area contributed by atoms with Crippen LogP contribution in [0.1, 0.15) is 35.6 Å². The molecule has 8 nitrogen and oxygen atoms in total. The summed E-state index contributed by atoms with van der Waals surface area (Å²) < 4.78 is 32.5. The first-order valence-electron chi connectivity index (χ1n) is 13.3. The molecule has 0 unspecified atom stereocenters. The van der Waals surface area contributed by atoms with Crippen LogP contribution in [-0.4, -0.2) is 57.6 Å². The Hall–Kier alpha value is -3.85. The Morgan fingerprint density at radius 1 is 0.925 bits per heavy atom. The van der Waals surface area contributed by atoms with Gasteiger partial charge in [-0.2, -0.15) is 0 Å². The minimum Gasteiger partial charge on any atom is -0.495 e. The van der Waals surface area contributed by atoms with Gasteiger partial charge in [0, 0.05) is 19.5 Å². The number of carbonyl (C=O) groups excluding carboxylic acids is 2. The van der Waals surface area contributed by atoms with Gasteiger partial charge in [0.1, 0.15) is 18.3 Å². The van der Waals surface area contributed by atoms with Crippen molar-refractivity contribution < 1.29 is 22.7 Å². The lowest BCUT2D eigenvalue weighted by atomic mass is 10.0. The molecule has 3 aromatic rings. The largest absolute Gasteiger partial charge is 0.495 e. The smallest absolute Gasteiger partial charge is 0.244 e. The Bertz CT molecular complexity index is 1410. The Morgan fingerprint density at radius 2 is 1.60 bits per heavy atom. The van der Waals surface area contributed by atoms with E-state index in [9.17, 15) is 18.0 Å². The minimum absolute atomic E-state index is 0.139. The molecule has 0 radical (unpaired) electrons. The standard InChI is InChI=1S/C31H39N3O5S/c1-6-17-32-31(36)28(20-25-12-8-7-9-13-25)33(21-26-14-10-11-23(2)18-26)30(35)22-34(40(5,37)38)27-19-24(3)15-16-29(27)39-4/h7-16,18-19,28H,6,17,20-22H2,1-5H3,(H,32,36)/t28-/m0/s1. The number of anilines is 1. The fraction of sp³-hybridized carbons (Fsp3) is 0.355. The SMILES string of the molecule is CCCNC(=O)[C@H](Cc1ccccc1)N(Cc1cccc(C)c1)C(=O)CN(c1cc(C)ccc1OC)S(C)(=O)=O. The number of amides is 2. The van der Waals surface area contributed by atoms with Crippen molar-refractivity contribution in [1.82, 2.24) is 10.2 Å². The monoisotopic (exact) mass is 565 g/mol. The predicted octanol–water partition coefficient (Wildman–Crippen LogP) is 4.24. The molecule has 0 fully saturated rings. The molecule has 3 aromatic carbocycles. The molecular formula is C31H39N3O5S. The molecule has 0 aromatic heterocycles. The third-order valence-electron chi connectivity index (χ3n) is 6.54. The molecule has 2 amide bonds. The molecule has 9 heteroatoms. The molecular weight excluding hydrogens is 526 g/mol. The van der Waals surface area contributed by atoms with Gasteiger partial charge in [0.25, 0.3) is 0 Å². The number of carbonyl (C=O) groups is 2. The molecule has 0 aliphatic heterocycles. The van der Waals surface area contributed by atoms with Crippen molar-refractivity contribution in [2.75, 3.05) is 30.8 Å². The van der Waals surface area contributed by atoms with Crippen LogP contribution in [-0.2, 0) is 32.6 Å². The Kier molecular flexibility index (Phi) is 10.7. The summed E-state index contributed by atoms with van der Waals surface area (Å²) in [6, 6.07) is 21.5. The first kappa shape index (κ1) is 30.7. The first-order valence-corrected chi connectivity index (χ1v) is 15.2. The van der Waals surface area contributed by atoms with Crippen molar-refractivity contribution >= 4 is 27.5 Å². The van der Waals surface area contributed by atoms with Gasteiger partial charge in [-0.25, -0.2) is 8.42 Å². The summed E-state index contributed by atoms with van der Waals surface area (Å²) in [5.74, 6) is -0.454. The normalized spacial score (nSPS) is 11.9. The number of nitrogens with one attached hydrogen (secondary N) is 1. The predicted molar refractivity (Wildman–Crippen MR) is 159 cm³/mol. The second-order valence-electron chi connectivity index (χ2n) is 9.95. The molecule has 214 valence electrons. The number of benzene rings is 3. The molecule has 0 saturated heterocycles. The van der Waals surface area contributed by atoms with Gasteiger partial charge in [-0.3, -0.25) is 13.9 Å². The van der Waals surface area contributed by atoms with E-state index in [4.69, 9.17) is 4.74 Å². The van der Waals surface area contributed by atoms with Crippen molar-refractivity contribution in [3.05, 3.63) is 95.1 Å². The van der Waals surface area contributed by atoms with Crippen LogP contribution < -0.4 is 14.4 Å². The van der Waals surface area contributed by atoms with E-state index in [1.165, 1.54) is 12.0 Å². The molecule has 0 aliphatic rings. The number of methoxy groups -OCH3 is 1. The minimum atomic E-state index is -3.89. The van der Waals surface area contributed by atoms with E-state index < -0.39 is 28.5 Å². The van der Waals surface area contributed by atoms with Crippen LogP contribution in [0.3, 0.4) is 0 Å². The lowest BCUT2D eigenvalue weighted by molar-refractivity contribution is -0.140. The maximum atomic E-state index is 14.2. The quantitative estimate of drug-likeness (QED) is 0.334.